The fourth-order valence-corrected chi connectivity index (χ4v) is 2.43. The van der Waals surface area contributed by atoms with Crippen molar-refractivity contribution in [1.29, 1.82) is 0 Å². The summed E-state index contributed by atoms with van der Waals surface area (Å²) in [6, 6.07) is 11.5. The molecule has 3 nitrogen and oxygen atoms in total. The molecule has 1 aromatic carbocycles. The van der Waals surface area contributed by atoms with Gasteiger partial charge in [-0.25, -0.2) is 4.98 Å². The molecule has 1 aromatic heterocycles. The molecule has 1 heterocycles. The quantitative estimate of drug-likeness (QED) is 0.826. The summed E-state index contributed by atoms with van der Waals surface area (Å²) in [5, 5.41) is 3.98. The van der Waals surface area contributed by atoms with E-state index in [4.69, 9.17) is 11.6 Å². The Bertz CT molecular complexity index is 585. The van der Waals surface area contributed by atoms with Gasteiger partial charge in [0, 0.05) is 17.8 Å². The summed E-state index contributed by atoms with van der Waals surface area (Å²) in [6.45, 7) is 2.76. The van der Waals surface area contributed by atoms with Gasteiger partial charge in [0.05, 0.1) is 5.52 Å². The number of pyridine rings is 1. The van der Waals surface area contributed by atoms with Crippen LogP contribution in [-0.4, -0.2) is 23.3 Å². The highest BCUT2D eigenvalue weighted by atomic mass is 35.5. The van der Waals surface area contributed by atoms with Crippen LogP contribution >= 0.6 is 11.6 Å². The summed E-state index contributed by atoms with van der Waals surface area (Å²) in [5.74, 6) is 0.934. The zero-order chi connectivity index (χ0) is 14.4. The van der Waals surface area contributed by atoms with Crippen LogP contribution in [0.1, 0.15) is 30.3 Å². The number of rotatable bonds is 6. The van der Waals surface area contributed by atoms with Crippen LogP contribution in [0.4, 0.5) is 0 Å². The Hall–Kier alpha value is -1.61. The summed E-state index contributed by atoms with van der Waals surface area (Å²) >= 11 is 5.75. The number of nitrogens with one attached hydrogen (secondary N) is 1. The standard InChI is InChI=1S/C16H19ClN2O/c1-2-12(9-10-17)11-18-16(20)15-8-7-13-5-3-4-6-14(13)19-15/h3-8,12H,2,9-11H2,1H3,(H,18,20). The number of hydrogen-bond acceptors (Lipinski definition) is 2. The van der Waals surface area contributed by atoms with Gasteiger partial charge in [-0.15, -0.1) is 11.6 Å². The summed E-state index contributed by atoms with van der Waals surface area (Å²) in [5.41, 5.74) is 1.30. The van der Waals surface area contributed by atoms with Crippen LogP contribution in [0, 0.1) is 5.92 Å². The first-order valence-electron chi connectivity index (χ1n) is 6.94. The van der Waals surface area contributed by atoms with Gasteiger partial charge >= 0.3 is 0 Å². The first-order valence-corrected chi connectivity index (χ1v) is 7.48. The largest absolute Gasteiger partial charge is 0.350 e. The van der Waals surface area contributed by atoms with Crippen molar-refractivity contribution in [2.45, 2.75) is 19.8 Å². The van der Waals surface area contributed by atoms with E-state index in [0.717, 1.165) is 23.7 Å². The Morgan fingerprint density at radius 1 is 1.30 bits per heavy atom. The van der Waals surface area contributed by atoms with Crippen molar-refractivity contribution in [1.82, 2.24) is 10.3 Å². The molecule has 0 saturated carbocycles. The highest BCUT2D eigenvalue weighted by molar-refractivity contribution is 6.17. The number of aromatic nitrogens is 1. The van der Waals surface area contributed by atoms with Gasteiger partial charge in [0.1, 0.15) is 5.69 Å². The molecular weight excluding hydrogens is 272 g/mol. The average Bonchev–Trinajstić information content (AvgIpc) is 2.50. The molecule has 1 atom stereocenters. The lowest BCUT2D eigenvalue weighted by atomic mass is 10.0. The molecule has 0 aliphatic carbocycles. The molecule has 1 amide bonds. The molecule has 106 valence electrons. The van der Waals surface area contributed by atoms with Crippen LogP contribution in [0.3, 0.4) is 0 Å². The molecule has 1 unspecified atom stereocenters. The molecule has 0 bridgehead atoms. The highest BCUT2D eigenvalue weighted by Crippen LogP contribution is 2.12. The third-order valence-corrected chi connectivity index (χ3v) is 3.70. The SMILES string of the molecule is CCC(CCCl)CNC(=O)c1ccc2ccccc2n1. The Morgan fingerprint density at radius 3 is 2.85 bits per heavy atom. The molecule has 0 fully saturated rings. The minimum absolute atomic E-state index is 0.122. The average molecular weight is 291 g/mol. The van der Waals surface area contributed by atoms with Crippen molar-refractivity contribution in [2.24, 2.45) is 5.92 Å². The number of carbonyl (C=O) groups excluding carboxylic acids is 1. The maximum Gasteiger partial charge on any atom is 0.269 e. The predicted octanol–water partition coefficient (Wildman–Crippen LogP) is 3.62. The predicted molar refractivity (Wildman–Crippen MR) is 83.2 cm³/mol. The molecule has 0 aliphatic rings. The van der Waals surface area contributed by atoms with Crippen LogP contribution in [0.2, 0.25) is 0 Å². The van der Waals surface area contributed by atoms with Crippen LogP contribution in [-0.2, 0) is 0 Å². The van der Waals surface area contributed by atoms with Gasteiger partial charge in [-0.2, -0.15) is 0 Å². The lowest BCUT2D eigenvalue weighted by Crippen LogP contribution is -2.30. The summed E-state index contributed by atoms with van der Waals surface area (Å²) < 4.78 is 0. The Balaban J connectivity index is 2.03. The monoisotopic (exact) mass is 290 g/mol. The third kappa shape index (κ3) is 3.70. The topological polar surface area (TPSA) is 42.0 Å². The number of fused-ring (bicyclic) bond motifs is 1. The Morgan fingerprint density at radius 2 is 2.10 bits per heavy atom. The number of nitrogens with zero attached hydrogens (tertiary/aromatic N) is 1. The second-order valence-electron chi connectivity index (χ2n) is 4.85. The van der Waals surface area contributed by atoms with Crippen molar-refractivity contribution >= 4 is 28.4 Å². The van der Waals surface area contributed by atoms with Gasteiger partial charge < -0.3 is 5.32 Å². The number of benzene rings is 1. The van der Waals surface area contributed by atoms with Gasteiger partial charge in [-0.1, -0.05) is 37.6 Å². The normalized spacial score (nSPS) is 12.3. The molecule has 2 aromatic rings. The number of alkyl halides is 1. The molecule has 0 spiro atoms. The second kappa shape index (κ2) is 7.25. The molecule has 0 aliphatic heterocycles. The van der Waals surface area contributed by atoms with Gasteiger partial charge in [-0.3, -0.25) is 4.79 Å². The summed E-state index contributed by atoms with van der Waals surface area (Å²) in [6.07, 6.45) is 1.93. The van der Waals surface area contributed by atoms with Gasteiger partial charge in [0.25, 0.3) is 5.91 Å². The number of para-hydroxylation sites is 1. The first-order chi connectivity index (χ1) is 9.74. The fourth-order valence-electron chi connectivity index (χ4n) is 2.12. The minimum atomic E-state index is -0.122. The number of halogens is 1. The zero-order valence-electron chi connectivity index (χ0n) is 11.6. The van der Waals surface area contributed by atoms with Crippen LogP contribution < -0.4 is 5.32 Å². The Kier molecular flexibility index (Phi) is 5.36. The lowest BCUT2D eigenvalue weighted by Gasteiger charge is -2.14. The summed E-state index contributed by atoms with van der Waals surface area (Å²) in [7, 11) is 0. The molecule has 0 radical (unpaired) electrons. The van der Waals surface area contributed by atoms with Gasteiger partial charge in [-0.05, 0) is 24.5 Å². The maximum absolute atomic E-state index is 12.1. The zero-order valence-corrected chi connectivity index (χ0v) is 12.4. The molecule has 4 heteroatoms. The molecule has 20 heavy (non-hydrogen) atoms. The van der Waals surface area contributed by atoms with E-state index in [0.29, 0.717) is 24.0 Å². The van der Waals surface area contributed by atoms with E-state index in [1.807, 2.05) is 30.3 Å². The number of carbonyl (C=O) groups is 1. The van der Waals surface area contributed by atoms with E-state index < -0.39 is 0 Å². The maximum atomic E-state index is 12.1. The second-order valence-corrected chi connectivity index (χ2v) is 5.23. The van der Waals surface area contributed by atoms with E-state index in [2.05, 4.69) is 17.2 Å². The molecule has 0 saturated heterocycles. The first kappa shape index (κ1) is 14.8. The molecular formula is C16H19ClN2O. The van der Waals surface area contributed by atoms with Crippen LogP contribution in [0.25, 0.3) is 10.9 Å². The van der Waals surface area contributed by atoms with E-state index >= 15 is 0 Å². The van der Waals surface area contributed by atoms with E-state index in [9.17, 15) is 4.79 Å². The van der Waals surface area contributed by atoms with E-state index in [1.54, 1.807) is 6.07 Å². The number of amides is 1. The van der Waals surface area contributed by atoms with Crippen molar-refractivity contribution in [3.63, 3.8) is 0 Å². The van der Waals surface area contributed by atoms with Crippen molar-refractivity contribution in [2.75, 3.05) is 12.4 Å². The fraction of sp³-hybridized carbons (Fsp3) is 0.375. The van der Waals surface area contributed by atoms with Gasteiger partial charge in [0.2, 0.25) is 0 Å². The van der Waals surface area contributed by atoms with Crippen molar-refractivity contribution < 1.29 is 4.79 Å². The number of hydrogen-bond donors (Lipinski definition) is 1. The molecule has 1 N–H and O–H groups in total. The summed E-state index contributed by atoms with van der Waals surface area (Å²) in [4.78, 5) is 16.5. The van der Waals surface area contributed by atoms with Gasteiger partial charge in [0.15, 0.2) is 0 Å². The van der Waals surface area contributed by atoms with Crippen molar-refractivity contribution in [3.8, 4) is 0 Å². The van der Waals surface area contributed by atoms with Crippen LogP contribution in [0.5, 0.6) is 0 Å². The van der Waals surface area contributed by atoms with Crippen molar-refractivity contribution in [3.05, 3.63) is 42.1 Å². The molecule has 2 rings (SSSR count). The highest BCUT2D eigenvalue weighted by Gasteiger charge is 2.11. The van der Waals surface area contributed by atoms with Crippen LogP contribution in [0.15, 0.2) is 36.4 Å². The smallest absolute Gasteiger partial charge is 0.269 e. The Labute approximate surface area is 124 Å². The van der Waals surface area contributed by atoms with E-state index in [-0.39, 0.29) is 5.91 Å². The minimum Gasteiger partial charge on any atom is -0.350 e. The lowest BCUT2D eigenvalue weighted by molar-refractivity contribution is 0.0942. The third-order valence-electron chi connectivity index (χ3n) is 3.48. The van der Waals surface area contributed by atoms with E-state index in [1.165, 1.54) is 0 Å².